The molecule has 0 radical (unpaired) electrons. The molecule has 90 valence electrons. The van der Waals surface area contributed by atoms with E-state index in [0.717, 1.165) is 19.1 Å². The van der Waals surface area contributed by atoms with Crippen molar-refractivity contribution in [1.29, 1.82) is 0 Å². The van der Waals surface area contributed by atoms with Gasteiger partial charge in [-0.3, -0.25) is 14.9 Å². The lowest BCUT2D eigenvalue weighted by atomic mass is 10.1. The summed E-state index contributed by atoms with van der Waals surface area (Å²) >= 11 is 0. The summed E-state index contributed by atoms with van der Waals surface area (Å²) in [5.41, 5.74) is -0.000913. The Morgan fingerprint density at radius 1 is 1.35 bits per heavy atom. The van der Waals surface area contributed by atoms with E-state index in [-0.39, 0.29) is 11.3 Å². The van der Waals surface area contributed by atoms with Crippen LogP contribution in [0.1, 0.15) is 18.6 Å². The number of carboxylic acid groups (broad SMARTS) is 1. The third-order valence-electron chi connectivity index (χ3n) is 1.91. The number of carbonyl (C=O) groups excluding carboxylic acids is 1. The lowest BCUT2D eigenvalue weighted by molar-refractivity contribution is -0.384. The highest BCUT2D eigenvalue weighted by molar-refractivity contribution is 5.78. The molecule has 1 aromatic carbocycles. The Labute approximate surface area is 95.8 Å². The summed E-state index contributed by atoms with van der Waals surface area (Å²) in [4.78, 5) is 31.3. The molecule has 0 fully saturated rings. The SMILES string of the molecule is CC(=O)OC(C(=O)O)c1ccc([N+](=O)[O-])cc1. The highest BCUT2D eigenvalue weighted by Crippen LogP contribution is 2.21. The summed E-state index contributed by atoms with van der Waals surface area (Å²) in [7, 11) is 0. The third-order valence-corrected chi connectivity index (χ3v) is 1.91. The van der Waals surface area contributed by atoms with E-state index in [1.165, 1.54) is 12.1 Å². The first kappa shape index (κ1) is 12.6. The van der Waals surface area contributed by atoms with Gasteiger partial charge in [-0.25, -0.2) is 4.79 Å². The lowest BCUT2D eigenvalue weighted by Gasteiger charge is -2.12. The molecule has 1 rings (SSSR count). The van der Waals surface area contributed by atoms with Crippen LogP contribution in [0.5, 0.6) is 0 Å². The molecule has 1 atom stereocenters. The number of carboxylic acids is 1. The summed E-state index contributed by atoms with van der Waals surface area (Å²) in [6.07, 6.45) is -1.45. The van der Waals surface area contributed by atoms with E-state index < -0.39 is 23.0 Å². The van der Waals surface area contributed by atoms with E-state index in [4.69, 9.17) is 5.11 Å². The monoisotopic (exact) mass is 239 g/mol. The number of carbonyl (C=O) groups is 2. The maximum absolute atomic E-state index is 10.8. The number of benzene rings is 1. The van der Waals surface area contributed by atoms with Crippen LogP contribution in [0.3, 0.4) is 0 Å². The summed E-state index contributed by atoms with van der Waals surface area (Å²) < 4.78 is 4.59. The van der Waals surface area contributed by atoms with Crippen molar-refractivity contribution in [3.63, 3.8) is 0 Å². The van der Waals surface area contributed by atoms with Gasteiger partial charge in [-0.2, -0.15) is 0 Å². The minimum atomic E-state index is -1.45. The summed E-state index contributed by atoms with van der Waals surface area (Å²) in [5, 5.41) is 19.2. The van der Waals surface area contributed by atoms with Gasteiger partial charge in [-0.1, -0.05) is 0 Å². The molecule has 0 aliphatic carbocycles. The van der Waals surface area contributed by atoms with Gasteiger partial charge >= 0.3 is 11.9 Å². The zero-order valence-electron chi connectivity index (χ0n) is 8.82. The predicted octanol–water partition coefficient (Wildman–Crippen LogP) is 1.28. The summed E-state index contributed by atoms with van der Waals surface area (Å²) in [6, 6.07) is 4.77. The molecule has 1 aromatic rings. The Kier molecular flexibility index (Phi) is 3.76. The van der Waals surface area contributed by atoms with Crippen molar-refractivity contribution in [1.82, 2.24) is 0 Å². The number of rotatable bonds is 4. The maximum Gasteiger partial charge on any atom is 0.349 e. The van der Waals surface area contributed by atoms with Crippen molar-refractivity contribution < 1.29 is 24.4 Å². The largest absolute Gasteiger partial charge is 0.478 e. The number of nitro groups is 1. The summed E-state index contributed by atoms with van der Waals surface area (Å²) in [5.74, 6) is -2.08. The van der Waals surface area contributed by atoms with Crippen LogP contribution in [0.2, 0.25) is 0 Å². The number of ether oxygens (including phenoxy) is 1. The topological polar surface area (TPSA) is 107 Å². The van der Waals surface area contributed by atoms with E-state index in [9.17, 15) is 19.7 Å². The molecule has 7 nitrogen and oxygen atoms in total. The maximum atomic E-state index is 10.8. The van der Waals surface area contributed by atoms with Gasteiger partial charge in [0.2, 0.25) is 6.10 Å². The van der Waals surface area contributed by atoms with E-state index in [1.54, 1.807) is 0 Å². The highest BCUT2D eigenvalue weighted by Gasteiger charge is 2.23. The fourth-order valence-corrected chi connectivity index (χ4v) is 1.20. The minimum Gasteiger partial charge on any atom is -0.478 e. The molecule has 0 aliphatic heterocycles. The third kappa shape index (κ3) is 3.26. The Morgan fingerprint density at radius 2 is 1.88 bits per heavy atom. The van der Waals surface area contributed by atoms with Crippen molar-refractivity contribution in [2.24, 2.45) is 0 Å². The first-order valence-corrected chi connectivity index (χ1v) is 4.56. The van der Waals surface area contributed by atoms with Crippen LogP contribution in [-0.4, -0.2) is 22.0 Å². The van der Waals surface area contributed by atoms with Crippen LogP contribution in [-0.2, 0) is 14.3 Å². The first-order valence-electron chi connectivity index (χ1n) is 4.56. The molecule has 0 aliphatic rings. The quantitative estimate of drug-likeness (QED) is 0.481. The molecular formula is C10H9NO6. The molecule has 1 unspecified atom stereocenters. The van der Waals surface area contributed by atoms with Crippen LogP contribution in [0.25, 0.3) is 0 Å². The predicted molar refractivity (Wildman–Crippen MR) is 55.2 cm³/mol. The fourth-order valence-electron chi connectivity index (χ4n) is 1.20. The van der Waals surface area contributed by atoms with Crippen LogP contribution >= 0.6 is 0 Å². The molecule has 0 amide bonds. The van der Waals surface area contributed by atoms with E-state index in [1.807, 2.05) is 0 Å². The Morgan fingerprint density at radius 3 is 2.24 bits per heavy atom. The number of hydrogen-bond donors (Lipinski definition) is 1. The van der Waals surface area contributed by atoms with Crippen molar-refractivity contribution >= 4 is 17.6 Å². The second kappa shape index (κ2) is 5.06. The van der Waals surface area contributed by atoms with Gasteiger partial charge in [-0.05, 0) is 12.1 Å². The lowest BCUT2D eigenvalue weighted by Crippen LogP contribution is -2.17. The van der Waals surface area contributed by atoms with Gasteiger partial charge in [0.05, 0.1) is 4.92 Å². The standard InChI is InChI=1S/C10H9NO6/c1-6(12)17-9(10(13)14)7-2-4-8(5-3-7)11(15)16/h2-5,9H,1H3,(H,13,14). The van der Waals surface area contributed by atoms with Gasteiger partial charge < -0.3 is 9.84 Å². The number of hydrogen-bond acceptors (Lipinski definition) is 5. The molecule has 0 saturated carbocycles. The van der Waals surface area contributed by atoms with Crippen molar-refractivity contribution in [3.8, 4) is 0 Å². The van der Waals surface area contributed by atoms with Gasteiger partial charge in [0, 0.05) is 24.6 Å². The van der Waals surface area contributed by atoms with Crippen molar-refractivity contribution in [3.05, 3.63) is 39.9 Å². The zero-order chi connectivity index (χ0) is 13.0. The Bertz CT molecular complexity index is 452. The molecule has 0 bridgehead atoms. The number of non-ortho nitro benzene ring substituents is 1. The average molecular weight is 239 g/mol. The van der Waals surface area contributed by atoms with Crippen LogP contribution in [0.15, 0.2) is 24.3 Å². The van der Waals surface area contributed by atoms with Crippen LogP contribution < -0.4 is 0 Å². The van der Waals surface area contributed by atoms with Gasteiger partial charge in [-0.15, -0.1) is 0 Å². The number of esters is 1. The number of nitrogens with zero attached hydrogens (tertiary/aromatic N) is 1. The molecule has 0 aromatic heterocycles. The minimum absolute atomic E-state index is 0.165. The normalized spacial score (nSPS) is 11.6. The molecule has 0 spiro atoms. The van der Waals surface area contributed by atoms with Crippen molar-refractivity contribution in [2.45, 2.75) is 13.0 Å². The second-order valence-electron chi connectivity index (χ2n) is 3.18. The van der Waals surface area contributed by atoms with Gasteiger partial charge in [0.25, 0.3) is 5.69 Å². The van der Waals surface area contributed by atoms with E-state index >= 15 is 0 Å². The van der Waals surface area contributed by atoms with Crippen LogP contribution in [0.4, 0.5) is 5.69 Å². The molecular weight excluding hydrogens is 230 g/mol. The molecule has 0 saturated heterocycles. The smallest absolute Gasteiger partial charge is 0.349 e. The van der Waals surface area contributed by atoms with E-state index in [2.05, 4.69) is 4.74 Å². The average Bonchev–Trinajstić information content (AvgIpc) is 2.25. The molecule has 17 heavy (non-hydrogen) atoms. The van der Waals surface area contributed by atoms with Gasteiger partial charge in [0.15, 0.2) is 0 Å². The van der Waals surface area contributed by atoms with Gasteiger partial charge in [0.1, 0.15) is 0 Å². The Hall–Kier alpha value is -2.44. The molecule has 1 N–H and O–H groups in total. The highest BCUT2D eigenvalue weighted by atomic mass is 16.6. The summed E-state index contributed by atoms with van der Waals surface area (Å²) in [6.45, 7) is 1.08. The zero-order valence-corrected chi connectivity index (χ0v) is 8.82. The first-order chi connectivity index (χ1) is 7.91. The molecule has 0 heterocycles. The number of nitro benzene ring substituents is 1. The second-order valence-corrected chi connectivity index (χ2v) is 3.18. The number of aliphatic carboxylic acids is 1. The molecule has 7 heteroatoms. The Balaban J connectivity index is 2.99. The van der Waals surface area contributed by atoms with Crippen molar-refractivity contribution in [2.75, 3.05) is 0 Å². The van der Waals surface area contributed by atoms with E-state index in [0.29, 0.717) is 0 Å². The fraction of sp³-hybridized carbons (Fsp3) is 0.200. The van der Waals surface area contributed by atoms with Crippen LogP contribution in [0, 0.1) is 10.1 Å².